The molecule has 1 heterocycles. The van der Waals surface area contributed by atoms with Gasteiger partial charge in [0.15, 0.2) is 0 Å². The molecule has 1 fully saturated rings. The molecule has 0 aromatic heterocycles. The maximum Gasteiger partial charge on any atom is 0.416 e. The molecule has 2 aromatic carbocycles. The average Bonchev–Trinajstić information content (AvgIpc) is 2.67. The molecule has 1 unspecified atom stereocenters. The Morgan fingerprint density at radius 1 is 0.963 bits per heavy atom. The van der Waals surface area contributed by atoms with Gasteiger partial charge in [-0.1, -0.05) is 36.8 Å². The Hall–Kier alpha value is -2.01. The number of benzene rings is 2. The van der Waals surface area contributed by atoms with Gasteiger partial charge in [-0.2, -0.15) is 13.2 Å². The van der Waals surface area contributed by atoms with Crippen molar-refractivity contribution < 1.29 is 17.9 Å². The van der Waals surface area contributed by atoms with Crippen LogP contribution in [0.5, 0.6) is 5.75 Å². The Morgan fingerprint density at radius 2 is 1.70 bits per heavy atom. The minimum Gasteiger partial charge on any atom is -0.494 e. The van der Waals surface area contributed by atoms with Crippen LogP contribution in [0.2, 0.25) is 0 Å². The van der Waals surface area contributed by atoms with Crippen LogP contribution < -0.4 is 4.74 Å². The summed E-state index contributed by atoms with van der Waals surface area (Å²) in [4.78, 5) is 2.53. The second-order valence-electron chi connectivity index (χ2n) is 7.10. The summed E-state index contributed by atoms with van der Waals surface area (Å²) in [5.74, 6) is 0.488. The molecule has 0 bridgehead atoms. The molecular formula is C22H26F3NO. The first-order valence-corrected chi connectivity index (χ1v) is 9.60. The molecule has 2 nitrogen and oxygen atoms in total. The second kappa shape index (κ2) is 9.27. The summed E-state index contributed by atoms with van der Waals surface area (Å²) in [6.07, 6.45) is 1.35. The van der Waals surface area contributed by atoms with Crippen molar-refractivity contribution in [3.63, 3.8) is 0 Å². The molecule has 5 heteroatoms. The number of alkyl halides is 3. The highest BCUT2D eigenvalue weighted by molar-refractivity contribution is 5.28. The number of rotatable bonds is 7. The van der Waals surface area contributed by atoms with E-state index < -0.39 is 11.7 Å². The van der Waals surface area contributed by atoms with Crippen LogP contribution in [0.3, 0.4) is 0 Å². The summed E-state index contributed by atoms with van der Waals surface area (Å²) in [5, 5.41) is 0. The van der Waals surface area contributed by atoms with Crippen LogP contribution in [0.25, 0.3) is 0 Å². The maximum absolute atomic E-state index is 12.6. The third-order valence-electron chi connectivity index (χ3n) is 5.10. The molecule has 1 saturated heterocycles. The standard InChI is InChI=1S/C22H26F3NO/c23-22(24,25)19-10-12-21(13-11-19)27-16-6-15-26-14-5-4-9-20(26)17-18-7-2-1-3-8-18/h1-3,7-8,10-13,20H,4-6,9,14-17H2. The van der Waals surface area contributed by atoms with Crippen molar-refractivity contribution in [1.82, 2.24) is 4.90 Å². The number of likely N-dealkylation sites (tertiary alicyclic amines) is 1. The first-order chi connectivity index (χ1) is 13.0. The first kappa shape index (κ1) is 19.7. The highest BCUT2D eigenvalue weighted by Gasteiger charge is 2.30. The fourth-order valence-electron chi connectivity index (χ4n) is 3.67. The van der Waals surface area contributed by atoms with E-state index in [4.69, 9.17) is 4.74 Å². The Labute approximate surface area is 159 Å². The van der Waals surface area contributed by atoms with E-state index in [0.29, 0.717) is 18.4 Å². The molecule has 0 aliphatic carbocycles. The van der Waals surface area contributed by atoms with Crippen molar-refractivity contribution in [3.8, 4) is 5.75 Å². The molecule has 27 heavy (non-hydrogen) atoms. The van der Waals surface area contributed by atoms with Crippen LogP contribution in [-0.2, 0) is 12.6 Å². The van der Waals surface area contributed by atoms with Crippen molar-refractivity contribution in [3.05, 3.63) is 65.7 Å². The lowest BCUT2D eigenvalue weighted by Crippen LogP contribution is -2.41. The van der Waals surface area contributed by atoms with Crippen LogP contribution in [0.1, 0.15) is 36.8 Å². The van der Waals surface area contributed by atoms with Crippen molar-refractivity contribution in [1.29, 1.82) is 0 Å². The van der Waals surface area contributed by atoms with Crippen molar-refractivity contribution >= 4 is 0 Å². The summed E-state index contributed by atoms with van der Waals surface area (Å²) in [5.41, 5.74) is 0.724. The Kier molecular flexibility index (Phi) is 6.78. The van der Waals surface area contributed by atoms with Crippen LogP contribution in [0.15, 0.2) is 54.6 Å². The summed E-state index contributed by atoms with van der Waals surface area (Å²) < 4.78 is 43.4. The second-order valence-corrected chi connectivity index (χ2v) is 7.10. The molecule has 1 aliphatic rings. The first-order valence-electron chi connectivity index (χ1n) is 9.60. The number of nitrogens with zero attached hydrogens (tertiary/aromatic N) is 1. The highest BCUT2D eigenvalue weighted by Crippen LogP contribution is 2.30. The molecule has 3 rings (SSSR count). The van der Waals surface area contributed by atoms with Gasteiger partial charge >= 0.3 is 6.18 Å². The lowest BCUT2D eigenvalue weighted by Gasteiger charge is -2.36. The number of ether oxygens (including phenoxy) is 1. The molecular weight excluding hydrogens is 351 g/mol. The van der Waals surface area contributed by atoms with E-state index in [2.05, 4.69) is 29.2 Å². The number of hydrogen-bond donors (Lipinski definition) is 0. The zero-order chi connectivity index (χ0) is 19.1. The van der Waals surface area contributed by atoms with Crippen LogP contribution in [0, 0.1) is 0 Å². The van der Waals surface area contributed by atoms with Gasteiger partial charge in [0.05, 0.1) is 12.2 Å². The van der Waals surface area contributed by atoms with Crippen molar-refractivity contribution in [2.75, 3.05) is 19.7 Å². The average molecular weight is 377 g/mol. The largest absolute Gasteiger partial charge is 0.494 e. The quantitative estimate of drug-likeness (QED) is 0.585. The van der Waals surface area contributed by atoms with Gasteiger partial charge in [-0.3, -0.25) is 4.90 Å². The van der Waals surface area contributed by atoms with E-state index in [-0.39, 0.29) is 0 Å². The lowest BCUT2D eigenvalue weighted by atomic mass is 9.95. The Bertz CT molecular complexity index is 685. The Morgan fingerprint density at radius 3 is 2.41 bits per heavy atom. The van der Waals surface area contributed by atoms with Gasteiger partial charge < -0.3 is 4.74 Å². The fraction of sp³-hybridized carbons (Fsp3) is 0.455. The third kappa shape index (κ3) is 5.99. The van der Waals surface area contributed by atoms with E-state index in [9.17, 15) is 13.2 Å². The van der Waals surface area contributed by atoms with Crippen molar-refractivity contribution in [2.24, 2.45) is 0 Å². The summed E-state index contributed by atoms with van der Waals surface area (Å²) in [6, 6.07) is 16.0. The third-order valence-corrected chi connectivity index (χ3v) is 5.10. The highest BCUT2D eigenvalue weighted by atomic mass is 19.4. The van der Waals surface area contributed by atoms with Crippen LogP contribution in [-0.4, -0.2) is 30.6 Å². The Balaban J connectivity index is 1.44. The summed E-state index contributed by atoms with van der Waals surface area (Å²) in [7, 11) is 0. The number of halogens is 3. The van der Waals surface area contributed by atoms with Gasteiger partial charge in [-0.15, -0.1) is 0 Å². The predicted octanol–water partition coefficient (Wildman–Crippen LogP) is 5.57. The number of piperidine rings is 1. The molecule has 0 saturated carbocycles. The minimum absolute atomic E-state index is 0.488. The van der Waals surface area contributed by atoms with E-state index in [1.54, 1.807) is 0 Å². The van der Waals surface area contributed by atoms with Crippen molar-refractivity contribution in [2.45, 2.75) is 44.3 Å². The molecule has 2 aromatic rings. The lowest BCUT2D eigenvalue weighted by molar-refractivity contribution is -0.137. The monoisotopic (exact) mass is 377 g/mol. The molecule has 1 aliphatic heterocycles. The van der Waals surface area contributed by atoms with Gasteiger partial charge in [0, 0.05) is 12.6 Å². The van der Waals surface area contributed by atoms with Gasteiger partial charge in [0.1, 0.15) is 5.75 Å². The predicted molar refractivity (Wildman–Crippen MR) is 101 cm³/mol. The molecule has 0 N–H and O–H groups in total. The summed E-state index contributed by atoms with van der Waals surface area (Å²) in [6.45, 7) is 2.58. The zero-order valence-electron chi connectivity index (χ0n) is 15.4. The number of hydrogen-bond acceptors (Lipinski definition) is 2. The van der Waals surface area contributed by atoms with E-state index in [1.807, 2.05) is 6.07 Å². The van der Waals surface area contributed by atoms with E-state index >= 15 is 0 Å². The van der Waals surface area contributed by atoms with Gasteiger partial charge in [-0.25, -0.2) is 0 Å². The fourth-order valence-corrected chi connectivity index (χ4v) is 3.67. The van der Waals surface area contributed by atoms with Crippen LogP contribution >= 0.6 is 0 Å². The minimum atomic E-state index is -4.31. The van der Waals surface area contributed by atoms with Gasteiger partial charge in [0.25, 0.3) is 0 Å². The van der Waals surface area contributed by atoms with Gasteiger partial charge in [-0.05, 0) is 62.1 Å². The van der Waals surface area contributed by atoms with E-state index in [0.717, 1.165) is 38.1 Å². The van der Waals surface area contributed by atoms with Gasteiger partial charge in [0.2, 0.25) is 0 Å². The SMILES string of the molecule is FC(F)(F)c1ccc(OCCCN2CCCCC2Cc2ccccc2)cc1. The summed E-state index contributed by atoms with van der Waals surface area (Å²) >= 11 is 0. The molecule has 0 spiro atoms. The zero-order valence-corrected chi connectivity index (χ0v) is 15.4. The van der Waals surface area contributed by atoms with E-state index in [1.165, 1.54) is 37.0 Å². The molecule has 146 valence electrons. The molecule has 0 amide bonds. The molecule has 0 radical (unpaired) electrons. The topological polar surface area (TPSA) is 12.5 Å². The maximum atomic E-state index is 12.6. The normalized spacial score (nSPS) is 18.4. The van der Waals surface area contributed by atoms with Crippen LogP contribution in [0.4, 0.5) is 13.2 Å². The molecule has 1 atom stereocenters. The smallest absolute Gasteiger partial charge is 0.416 e.